The molecule has 3 atom stereocenters. The number of likely N-dealkylation sites (tertiary alicyclic amines) is 1. The van der Waals surface area contributed by atoms with E-state index in [2.05, 4.69) is 27.0 Å². The molecule has 0 aromatic carbocycles. The Morgan fingerprint density at radius 1 is 1.08 bits per heavy atom. The van der Waals surface area contributed by atoms with Crippen LogP contribution in [0.1, 0.15) is 32.6 Å². The summed E-state index contributed by atoms with van der Waals surface area (Å²) in [5, 5.41) is 3.62. The molecule has 0 radical (unpaired) electrons. The first-order valence-electron chi connectivity index (χ1n) is 9.71. The van der Waals surface area contributed by atoms with Crippen LogP contribution in [-0.2, 0) is 9.47 Å². The lowest BCUT2D eigenvalue weighted by Gasteiger charge is -2.38. The van der Waals surface area contributed by atoms with Gasteiger partial charge in [0.25, 0.3) is 0 Å². The van der Waals surface area contributed by atoms with Gasteiger partial charge in [-0.25, -0.2) is 0 Å². The zero-order chi connectivity index (χ0) is 16.8. The third-order valence-electron chi connectivity index (χ3n) is 5.58. The molecule has 0 spiro atoms. The van der Waals surface area contributed by atoms with Crippen molar-refractivity contribution in [2.45, 2.75) is 44.8 Å². The van der Waals surface area contributed by atoms with Gasteiger partial charge in [0.2, 0.25) is 0 Å². The van der Waals surface area contributed by atoms with E-state index in [0.717, 1.165) is 64.1 Å². The molecular formula is C18H34N4O2. The smallest absolute Gasteiger partial charge is 0.193 e. The Balaban J connectivity index is 1.48. The van der Waals surface area contributed by atoms with Crippen LogP contribution in [-0.4, -0.2) is 87.5 Å². The average molecular weight is 338 g/mol. The number of morpholine rings is 1. The summed E-state index contributed by atoms with van der Waals surface area (Å²) >= 11 is 0. The van der Waals surface area contributed by atoms with E-state index in [0.29, 0.717) is 0 Å². The van der Waals surface area contributed by atoms with Crippen molar-refractivity contribution in [3.63, 3.8) is 0 Å². The normalized spacial score (nSPS) is 33.0. The molecule has 138 valence electrons. The molecule has 3 fully saturated rings. The highest BCUT2D eigenvalue weighted by molar-refractivity contribution is 5.80. The fraction of sp³-hybridized carbons (Fsp3) is 0.944. The largest absolute Gasteiger partial charge is 0.375 e. The second kappa shape index (κ2) is 9.02. The molecule has 3 saturated heterocycles. The Kier molecular flexibility index (Phi) is 6.75. The zero-order valence-electron chi connectivity index (χ0n) is 15.4. The molecule has 0 aromatic rings. The number of rotatable bonds is 4. The number of nitrogens with one attached hydrogen (secondary N) is 1. The number of guanidine groups is 1. The Morgan fingerprint density at radius 3 is 2.71 bits per heavy atom. The SMILES string of the molecule is CCN1CCCC(CNC(=NC)N2CCOC(C3CCCO3)C2)C1. The van der Waals surface area contributed by atoms with Crippen LogP contribution in [0.4, 0.5) is 0 Å². The highest BCUT2D eigenvalue weighted by Gasteiger charge is 2.32. The maximum Gasteiger partial charge on any atom is 0.193 e. The fourth-order valence-corrected chi connectivity index (χ4v) is 4.16. The van der Waals surface area contributed by atoms with Crippen LogP contribution in [0.5, 0.6) is 0 Å². The van der Waals surface area contributed by atoms with Gasteiger partial charge >= 0.3 is 0 Å². The van der Waals surface area contributed by atoms with Crippen molar-refractivity contribution in [2.75, 3.05) is 59.5 Å². The van der Waals surface area contributed by atoms with Crippen molar-refractivity contribution in [1.29, 1.82) is 0 Å². The van der Waals surface area contributed by atoms with Gasteiger partial charge in [0.15, 0.2) is 5.96 Å². The van der Waals surface area contributed by atoms with Crippen molar-refractivity contribution < 1.29 is 9.47 Å². The van der Waals surface area contributed by atoms with E-state index in [1.165, 1.54) is 25.9 Å². The van der Waals surface area contributed by atoms with Crippen molar-refractivity contribution in [1.82, 2.24) is 15.1 Å². The number of hydrogen-bond acceptors (Lipinski definition) is 4. The minimum absolute atomic E-state index is 0.185. The van der Waals surface area contributed by atoms with Gasteiger partial charge in [-0.15, -0.1) is 0 Å². The molecule has 3 rings (SSSR count). The van der Waals surface area contributed by atoms with E-state index in [4.69, 9.17) is 9.47 Å². The lowest BCUT2D eigenvalue weighted by molar-refractivity contribution is -0.0817. The Morgan fingerprint density at radius 2 is 1.96 bits per heavy atom. The van der Waals surface area contributed by atoms with Crippen molar-refractivity contribution >= 4 is 5.96 Å². The second-order valence-corrected chi connectivity index (χ2v) is 7.24. The first-order chi connectivity index (χ1) is 11.8. The summed E-state index contributed by atoms with van der Waals surface area (Å²) < 4.78 is 11.8. The van der Waals surface area contributed by atoms with Crippen molar-refractivity contribution in [2.24, 2.45) is 10.9 Å². The van der Waals surface area contributed by atoms with Crippen molar-refractivity contribution in [3.8, 4) is 0 Å². The number of nitrogens with zero attached hydrogens (tertiary/aromatic N) is 3. The monoisotopic (exact) mass is 338 g/mol. The maximum atomic E-state index is 5.95. The summed E-state index contributed by atoms with van der Waals surface area (Å²) in [4.78, 5) is 9.42. The molecule has 0 aliphatic carbocycles. The minimum Gasteiger partial charge on any atom is -0.375 e. The Labute approximate surface area is 146 Å². The predicted octanol–water partition coefficient (Wildman–Crippen LogP) is 1.17. The van der Waals surface area contributed by atoms with E-state index in [1.807, 2.05) is 7.05 Å². The molecule has 6 heteroatoms. The standard InChI is InChI=1S/C18H34N4O2/c1-3-21-8-4-6-15(13-21)12-20-18(19-2)22-9-11-24-17(14-22)16-7-5-10-23-16/h15-17H,3-14H2,1-2H3,(H,19,20). The molecule has 0 bridgehead atoms. The molecule has 3 unspecified atom stereocenters. The first kappa shape index (κ1) is 18.0. The molecule has 0 aromatic heterocycles. The van der Waals surface area contributed by atoms with E-state index in [-0.39, 0.29) is 12.2 Å². The summed E-state index contributed by atoms with van der Waals surface area (Å²) in [6, 6.07) is 0. The van der Waals surface area contributed by atoms with Crippen LogP contribution in [0.3, 0.4) is 0 Å². The van der Waals surface area contributed by atoms with Crippen LogP contribution in [0.25, 0.3) is 0 Å². The summed E-state index contributed by atoms with van der Waals surface area (Å²) in [5.74, 6) is 1.75. The third-order valence-corrected chi connectivity index (χ3v) is 5.58. The lowest BCUT2D eigenvalue weighted by Crippen LogP contribution is -2.54. The molecule has 0 amide bonds. The molecule has 3 heterocycles. The van der Waals surface area contributed by atoms with E-state index < -0.39 is 0 Å². The summed E-state index contributed by atoms with van der Waals surface area (Å²) in [6.07, 6.45) is 5.37. The second-order valence-electron chi connectivity index (χ2n) is 7.24. The zero-order valence-corrected chi connectivity index (χ0v) is 15.4. The summed E-state index contributed by atoms with van der Waals surface area (Å²) in [6.45, 7) is 10.4. The number of ether oxygens (including phenoxy) is 2. The number of hydrogen-bond donors (Lipinski definition) is 1. The highest BCUT2D eigenvalue weighted by Crippen LogP contribution is 2.21. The van der Waals surface area contributed by atoms with Gasteiger partial charge < -0.3 is 24.6 Å². The molecule has 0 saturated carbocycles. The molecular weight excluding hydrogens is 304 g/mol. The first-order valence-corrected chi connectivity index (χ1v) is 9.71. The average Bonchev–Trinajstić information content (AvgIpc) is 3.17. The van der Waals surface area contributed by atoms with Crippen LogP contribution in [0.2, 0.25) is 0 Å². The Bertz CT molecular complexity index is 412. The molecule has 24 heavy (non-hydrogen) atoms. The van der Waals surface area contributed by atoms with Crippen LogP contribution in [0, 0.1) is 5.92 Å². The van der Waals surface area contributed by atoms with E-state index in [1.54, 1.807) is 0 Å². The molecule has 3 aliphatic rings. The highest BCUT2D eigenvalue weighted by atomic mass is 16.5. The van der Waals surface area contributed by atoms with Gasteiger partial charge in [0.1, 0.15) is 6.10 Å². The van der Waals surface area contributed by atoms with Gasteiger partial charge in [-0.05, 0) is 44.7 Å². The third kappa shape index (κ3) is 4.61. The van der Waals surface area contributed by atoms with Crippen LogP contribution in [0.15, 0.2) is 4.99 Å². The van der Waals surface area contributed by atoms with Gasteiger partial charge in [-0.3, -0.25) is 4.99 Å². The number of aliphatic imine (C=N–C) groups is 1. The molecule has 6 nitrogen and oxygen atoms in total. The molecule has 1 N–H and O–H groups in total. The van der Waals surface area contributed by atoms with Gasteiger partial charge in [0, 0.05) is 39.8 Å². The van der Waals surface area contributed by atoms with Crippen LogP contribution >= 0.6 is 0 Å². The molecule has 3 aliphatic heterocycles. The topological polar surface area (TPSA) is 49.3 Å². The maximum absolute atomic E-state index is 5.95. The van der Waals surface area contributed by atoms with E-state index in [9.17, 15) is 0 Å². The van der Waals surface area contributed by atoms with Gasteiger partial charge in [-0.1, -0.05) is 6.92 Å². The predicted molar refractivity (Wildman–Crippen MR) is 96.5 cm³/mol. The van der Waals surface area contributed by atoms with Crippen molar-refractivity contribution in [3.05, 3.63) is 0 Å². The lowest BCUT2D eigenvalue weighted by atomic mass is 9.98. The number of piperidine rings is 1. The van der Waals surface area contributed by atoms with Crippen LogP contribution < -0.4 is 5.32 Å². The fourth-order valence-electron chi connectivity index (χ4n) is 4.16. The van der Waals surface area contributed by atoms with Gasteiger partial charge in [0.05, 0.1) is 12.7 Å². The minimum atomic E-state index is 0.185. The summed E-state index contributed by atoms with van der Waals surface area (Å²) in [5.41, 5.74) is 0. The van der Waals surface area contributed by atoms with Gasteiger partial charge in [-0.2, -0.15) is 0 Å². The Hall–Kier alpha value is -0.850. The van der Waals surface area contributed by atoms with E-state index >= 15 is 0 Å². The summed E-state index contributed by atoms with van der Waals surface area (Å²) in [7, 11) is 1.89. The quantitative estimate of drug-likeness (QED) is 0.616.